The van der Waals surface area contributed by atoms with Crippen LogP contribution >= 0.6 is 0 Å². The predicted molar refractivity (Wildman–Crippen MR) is 114 cm³/mol. The molecule has 3 aromatic heterocycles. The second-order valence-electron chi connectivity index (χ2n) is 7.19. The summed E-state index contributed by atoms with van der Waals surface area (Å²) < 4.78 is 11.6. The topological polar surface area (TPSA) is 139 Å². The van der Waals surface area contributed by atoms with Crippen LogP contribution in [0, 0.1) is 0 Å². The number of aromatic nitrogens is 6. The Morgan fingerprint density at radius 3 is 2.62 bits per heavy atom. The molecule has 0 bridgehead atoms. The van der Waals surface area contributed by atoms with E-state index in [1.807, 2.05) is 0 Å². The molecular formula is C21H21N7O4. The van der Waals surface area contributed by atoms with Gasteiger partial charge in [0.1, 0.15) is 41.0 Å². The molecule has 0 radical (unpaired) electrons. The Morgan fingerprint density at radius 2 is 1.94 bits per heavy atom. The van der Waals surface area contributed by atoms with Crippen molar-refractivity contribution in [1.82, 2.24) is 34.8 Å². The molecule has 3 heterocycles. The van der Waals surface area contributed by atoms with Gasteiger partial charge in [-0.25, -0.2) is 24.9 Å². The minimum absolute atomic E-state index is 0.145. The molecule has 32 heavy (non-hydrogen) atoms. The maximum Gasteiger partial charge on any atom is 0.273 e. The van der Waals surface area contributed by atoms with Crippen molar-refractivity contribution in [2.24, 2.45) is 0 Å². The van der Waals surface area contributed by atoms with Crippen LogP contribution in [0.4, 0.5) is 0 Å². The molecule has 2 N–H and O–H groups in total. The number of amides is 1. The third-order valence-electron chi connectivity index (χ3n) is 4.39. The van der Waals surface area contributed by atoms with Gasteiger partial charge in [0.2, 0.25) is 5.88 Å². The van der Waals surface area contributed by atoms with Crippen LogP contribution in [-0.2, 0) is 0 Å². The highest BCUT2D eigenvalue weighted by Gasteiger charge is 2.14. The van der Waals surface area contributed by atoms with Crippen molar-refractivity contribution in [3.63, 3.8) is 0 Å². The fourth-order valence-corrected chi connectivity index (χ4v) is 2.83. The van der Waals surface area contributed by atoms with E-state index in [0.29, 0.717) is 34.1 Å². The molecule has 11 nitrogen and oxygen atoms in total. The highest BCUT2D eigenvalue weighted by Crippen LogP contribution is 2.32. The van der Waals surface area contributed by atoms with Crippen LogP contribution in [0.15, 0.2) is 43.1 Å². The highest BCUT2D eigenvalue weighted by molar-refractivity contribution is 5.91. The molecule has 0 aliphatic heterocycles. The van der Waals surface area contributed by atoms with E-state index in [-0.39, 0.29) is 24.1 Å². The van der Waals surface area contributed by atoms with E-state index in [4.69, 9.17) is 9.47 Å². The molecule has 1 aromatic carbocycles. The van der Waals surface area contributed by atoms with Crippen LogP contribution in [0.2, 0.25) is 0 Å². The van der Waals surface area contributed by atoms with Crippen LogP contribution in [0.25, 0.3) is 22.6 Å². The minimum Gasteiger partial charge on any atom is -0.488 e. The number of carbonyl (C=O) groups is 1. The van der Waals surface area contributed by atoms with Gasteiger partial charge < -0.3 is 24.5 Å². The highest BCUT2D eigenvalue weighted by atomic mass is 16.5. The van der Waals surface area contributed by atoms with E-state index in [9.17, 15) is 9.90 Å². The van der Waals surface area contributed by atoms with Crippen molar-refractivity contribution in [2.75, 3.05) is 20.7 Å². The summed E-state index contributed by atoms with van der Waals surface area (Å²) in [5.74, 6) is 1.38. The van der Waals surface area contributed by atoms with Gasteiger partial charge in [0, 0.05) is 25.7 Å². The molecule has 164 valence electrons. The zero-order chi connectivity index (χ0) is 22.7. The van der Waals surface area contributed by atoms with Gasteiger partial charge in [-0.3, -0.25) is 4.79 Å². The Kier molecular flexibility index (Phi) is 5.90. The summed E-state index contributed by atoms with van der Waals surface area (Å²) >= 11 is 0. The first kappa shape index (κ1) is 21.1. The lowest BCUT2D eigenvalue weighted by Gasteiger charge is -2.14. The van der Waals surface area contributed by atoms with Crippen LogP contribution in [-0.4, -0.2) is 72.6 Å². The maximum atomic E-state index is 12.0. The van der Waals surface area contributed by atoms with Crippen molar-refractivity contribution >= 4 is 17.1 Å². The Balaban J connectivity index is 1.67. The minimum atomic E-state index is -0.421. The molecule has 0 saturated carbocycles. The summed E-state index contributed by atoms with van der Waals surface area (Å²) in [6.07, 6.45) is 5.36. The van der Waals surface area contributed by atoms with Crippen molar-refractivity contribution in [3.05, 3.63) is 48.8 Å². The Hall–Kier alpha value is -4.12. The average molecular weight is 435 g/mol. The SMILES string of the molecule is C[C@@H](CO)Oc1cc(Oc2cnc(C(=O)N(C)C)cn2)cc(-c2nc3ncncc3[nH]2)c1. The van der Waals surface area contributed by atoms with Gasteiger partial charge in [0.15, 0.2) is 5.65 Å². The van der Waals surface area contributed by atoms with Gasteiger partial charge >= 0.3 is 0 Å². The predicted octanol–water partition coefficient (Wildman–Crippen LogP) is 2.06. The fraction of sp³-hybridized carbons (Fsp3) is 0.238. The van der Waals surface area contributed by atoms with Gasteiger partial charge in [-0.15, -0.1) is 0 Å². The van der Waals surface area contributed by atoms with Crippen molar-refractivity contribution in [3.8, 4) is 28.8 Å². The summed E-state index contributed by atoms with van der Waals surface area (Å²) in [7, 11) is 3.27. The first-order valence-electron chi connectivity index (χ1n) is 9.73. The number of rotatable bonds is 7. The first-order valence-corrected chi connectivity index (χ1v) is 9.73. The van der Waals surface area contributed by atoms with E-state index in [1.54, 1.807) is 45.4 Å². The summed E-state index contributed by atoms with van der Waals surface area (Å²) in [5.41, 5.74) is 2.10. The Labute approximate surface area is 183 Å². The summed E-state index contributed by atoms with van der Waals surface area (Å²) in [4.78, 5) is 37.5. The molecule has 0 saturated heterocycles. The Bertz CT molecular complexity index is 1210. The van der Waals surface area contributed by atoms with Gasteiger partial charge in [-0.1, -0.05) is 0 Å². The zero-order valence-corrected chi connectivity index (χ0v) is 17.7. The third-order valence-corrected chi connectivity index (χ3v) is 4.39. The summed E-state index contributed by atoms with van der Waals surface area (Å²) in [6, 6.07) is 5.19. The largest absolute Gasteiger partial charge is 0.488 e. The lowest BCUT2D eigenvalue weighted by molar-refractivity contribution is 0.0821. The maximum absolute atomic E-state index is 12.0. The van der Waals surface area contributed by atoms with E-state index < -0.39 is 6.10 Å². The monoisotopic (exact) mass is 435 g/mol. The van der Waals surface area contributed by atoms with Gasteiger partial charge in [-0.05, 0) is 19.1 Å². The number of hydrogen-bond acceptors (Lipinski definition) is 9. The second-order valence-corrected chi connectivity index (χ2v) is 7.19. The fourth-order valence-electron chi connectivity index (χ4n) is 2.83. The van der Waals surface area contributed by atoms with Crippen molar-refractivity contribution in [2.45, 2.75) is 13.0 Å². The van der Waals surface area contributed by atoms with E-state index in [0.717, 1.165) is 0 Å². The smallest absolute Gasteiger partial charge is 0.273 e. The number of fused-ring (bicyclic) bond motifs is 1. The Morgan fingerprint density at radius 1 is 1.12 bits per heavy atom. The molecule has 1 amide bonds. The molecule has 11 heteroatoms. The normalized spacial score (nSPS) is 11.9. The number of ether oxygens (including phenoxy) is 2. The number of hydrogen-bond donors (Lipinski definition) is 2. The molecule has 0 aliphatic carbocycles. The first-order chi connectivity index (χ1) is 15.4. The number of H-pyrrole nitrogens is 1. The average Bonchev–Trinajstić information content (AvgIpc) is 3.23. The number of benzene rings is 1. The lowest BCUT2D eigenvalue weighted by Crippen LogP contribution is -2.22. The van der Waals surface area contributed by atoms with Gasteiger partial charge in [0.05, 0.1) is 25.2 Å². The molecule has 4 aromatic rings. The number of carbonyl (C=O) groups excluding carboxylic acids is 1. The lowest BCUT2D eigenvalue weighted by atomic mass is 10.2. The van der Waals surface area contributed by atoms with Crippen LogP contribution in [0.5, 0.6) is 17.4 Å². The molecule has 0 aliphatic rings. The van der Waals surface area contributed by atoms with Gasteiger partial charge in [0.25, 0.3) is 5.91 Å². The van der Waals surface area contributed by atoms with Crippen molar-refractivity contribution < 1.29 is 19.4 Å². The number of aromatic amines is 1. The van der Waals surface area contributed by atoms with Crippen LogP contribution < -0.4 is 9.47 Å². The quantitative estimate of drug-likeness (QED) is 0.446. The number of aliphatic hydroxyl groups excluding tert-OH is 1. The molecule has 4 rings (SSSR count). The number of nitrogens with zero attached hydrogens (tertiary/aromatic N) is 6. The summed E-state index contributed by atoms with van der Waals surface area (Å²) in [5, 5.41) is 9.35. The zero-order valence-electron chi connectivity index (χ0n) is 17.7. The van der Waals surface area contributed by atoms with E-state index in [1.165, 1.54) is 23.6 Å². The molecule has 1 atom stereocenters. The number of imidazole rings is 1. The van der Waals surface area contributed by atoms with Crippen molar-refractivity contribution in [1.29, 1.82) is 0 Å². The van der Waals surface area contributed by atoms with E-state index >= 15 is 0 Å². The third kappa shape index (κ3) is 4.62. The van der Waals surface area contributed by atoms with Gasteiger partial charge in [-0.2, -0.15) is 0 Å². The molecule has 0 spiro atoms. The van der Waals surface area contributed by atoms with Crippen LogP contribution in [0.1, 0.15) is 17.4 Å². The van der Waals surface area contributed by atoms with Crippen LogP contribution in [0.3, 0.4) is 0 Å². The summed E-state index contributed by atoms with van der Waals surface area (Å²) in [6.45, 7) is 1.60. The van der Waals surface area contributed by atoms with E-state index in [2.05, 4.69) is 29.9 Å². The second kappa shape index (κ2) is 8.94. The molecular weight excluding hydrogens is 414 g/mol. The molecule has 0 unspecified atom stereocenters. The standard InChI is InChI=1S/C21H21N7O4/c1-12(10-29)31-14-4-13(19-26-16-7-22-11-25-20(16)27-19)5-15(6-14)32-18-9-23-17(8-24-18)21(30)28(2)3/h4-9,11-12,29H,10H2,1-3H3,(H,22,25,26,27)/t12-/m0/s1. The number of nitrogens with one attached hydrogen (secondary N) is 1. The molecule has 0 fully saturated rings. The number of aliphatic hydroxyl groups is 1.